The highest BCUT2D eigenvalue weighted by molar-refractivity contribution is 5.86. The molecule has 0 unspecified atom stereocenters. The lowest BCUT2D eigenvalue weighted by atomic mass is 9.97. The van der Waals surface area contributed by atoms with Gasteiger partial charge in [-0.25, -0.2) is 0 Å². The van der Waals surface area contributed by atoms with Gasteiger partial charge in [0.15, 0.2) is 0 Å². The van der Waals surface area contributed by atoms with Gasteiger partial charge in [-0.05, 0) is 18.2 Å². The second-order valence-electron chi connectivity index (χ2n) is 4.67. The molecule has 20 heavy (non-hydrogen) atoms. The van der Waals surface area contributed by atoms with E-state index in [1.54, 1.807) is 6.21 Å². The summed E-state index contributed by atoms with van der Waals surface area (Å²) in [7, 11) is 0. The zero-order chi connectivity index (χ0) is 13.8. The topological polar surface area (TPSA) is 32.6 Å². The predicted molar refractivity (Wildman–Crippen MR) is 82.8 cm³/mol. The van der Waals surface area contributed by atoms with Gasteiger partial charge in [0.2, 0.25) is 0 Å². The number of hydrogen-bond acceptors (Lipinski definition) is 2. The average Bonchev–Trinajstić information content (AvgIpc) is 3.01. The van der Waals surface area contributed by atoms with Crippen LogP contribution in [0.5, 0.6) is 5.75 Å². The first-order chi connectivity index (χ1) is 9.84. The lowest BCUT2D eigenvalue weighted by molar-refractivity contribution is 0.467. The van der Waals surface area contributed by atoms with E-state index < -0.39 is 0 Å². The summed E-state index contributed by atoms with van der Waals surface area (Å²) < 4.78 is 0. The predicted octanol–water partition coefficient (Wildman–Crippen LogP) is 4.35. The molecule has 0 radical (unpaired) electrons. The standard InChI is InChI=1S/C18H15NO/c20-18-15(13-19-16-10-2-1-3-11-16)9-6-12-17(18)14-7-4-5-8-14/h1-14,20H. The molecule has 98 valence electrons. The smallest absolute Gasteiger partial charge is 0.128 e. The SMILES string of the molecule is Oc1c(C=Nc2ccccc2)cccc1C1C=CC=C1. The molecule has 0 atom stereocenters. The quantitative estimate of drug-likeness (QED) is 0.818. The molecule has 0 aromatic heterocycles. The third-order valence-corrected chi connectivity index (χ3v) is 3.31. The Morgan fingerprint density at radius 1 is 0.900 bits per heavy atom. The van der Waals surface area contributed by atoms with Crippen molar-refractivity contribution in [3.05, 3.63) is 84.0 Å². The number of phenols is 1. The van der Waals surface area contributed by atoms with E-state index in [0.717, 1.165) is 16.8 Å². The van der Waals surface area contributed by atoms with Gasteiger partial charge in [0.1, 0.15) is 5.75 Å². The van der Waals surface area contributed by atoms with Gasteiger partial charge in [-0.15, -0.1) is 0 Å². The Hall–Kier alpha value is -2.61. The second-order valence-corrected chi connectivity index (χ2v) is 4.67. The number of hydrogen-bond donors (Lipinski definition) is 1. The maximum atomic E-state index is 10.4. The summed E-state index contributed by atoms with van der Waals surface area (Å²) in [5, 5.41) is 10.4. The van der Waals surface area contributed by atoms with Gasteiger partial charge in [0.05, 0.1) is 5.69 Å². The molecule has 0 bridgehead atoms. The maximum Gasteiger partial charge on any atom is 0.128 e. The van der Waals surface area contributed by atoms with Crippen LogP contribution in [0.2, 0.25) is 0 Å². The highest BCUT2D eigenvalue weighted by Crippen LogP contribution is 2.32. The van der Waals surface area contributed by atoms with Gasteiger partial charge in [0.25, 0.3) is 0 Å². The maximum absolute atomic E-state index is 10.4. The Morgan fingerprint density at radius 3 is 2.40 bits per heavy atom. The van der Waals surface area contributed by atoms with E-state index in [9.17, 15) is 5.11 Å². The first kappa shape index (κ1) is 12.4. The minimum Gasteiger partial charge on any atom is -0.507 e. The van der Waals surface area contributed by atoms with Crippen LogP contribution in [0.3, 0.4) is 0 Å². The van der Waals surface area contributed by atoms with Crippen LogP contribution in [0.15, 0.2) is 77.8 Å². The molecule has 3 rings (SSSR count). The number of para-hydroxylation sites is 2. The summed E-state index contributed by atoms with van der Waals surface area (Å²) in [6.07, 6.45) is 9.82. The summed E-state index contributed by atoms with van der Waals surface area (Å²) in [5.41, 5.74) is 2.52. The Balaban J connectivity index is 1.91. The first-order valence-electron chi connectivity index (χ1n) is 6.60. The van der Waals surface area contributed by atoms with Gasteiger partial charge in [-0.2, -0.15) is 0 Å². The van der Waals surface area contributed by atoms with Gasteiger partial charge in [-0.1, -0.05) is 54.6 Å². The fraction of sp³-hybridized carbons (Fsp3) is 0.0556. The van der Waals surface area contributed by atoms with Crippen molar-refractivity contribution in [1.82, 2.24) is 0 Å². The number of rotatable bonds is 3. The average molecular weight is 261 g/mol. The van der Waals surface area contributed by atoms with E-state index in [1.807, 2.05) is 60.7 Å². The lowest BCUT2D eigenvalue weighted by Gasteiger charge is -2.10. The number of phenolic OH excluding ortho intramolecular Hbond substituents is 1. The molecule has 1 N–H and O–H groups in total. The number of benzene rings is 2. The van der Waals surface area contributed by atoms with Gasteiger partial charge in [0, 0.05) is 23.3 Å². The van der Waals surface area contributed by atoms with Crippen LogP contribution in [0, 0.1) is 0 Å². The normalized spacial score (nSPS) is 14.4. The van der Waals surface area contributed by atoms with E-state index in [-0.39, 0.29) is 5.92 Å². The molecule has 0 saturated carbocycles. The van der Waals surface area contributed by atoms with Crippen LogP contribution in [0.4, 0.5) is 5.69 Å². The molecule has 1 aliphatic carbocycles. The van der Waals surface area contributed by atoms with Crippen LogP contribution < -0.4 is 0 Å². The van der Waals surface area contributed by atoms with E-state index >= 15 is 0 Å². The zero-order valence-electron chi connectivity index (χ0n) is 11.0. The Kier molecular flexibility index (Phi) is 3.46. The van der Waals surface area contributed by atoms with Crippen molar-refractivity contribution in [2.45, 2.75) is 5.92 Å². The third-order valence-electron chi connectivity index (χ3n) is 3.31. The van der Waals surface area contributed by atoms with E-state index in [1.165, 1.54) is 0 Å². The number of aliphatic imine (C=N–C) groups is 1. The van der Waals surface area contributed by atoms with E-state index in [0.29, 0.717) is 5.75 Å². The van der Waals surface area contributed by atoms with E-state index in [2.05, 4.69) is 17.1 Å². The Labute approximate surface area is 118 Å². The van der Waals surface area contributed by atoms with Crippen molar-refractivity contribution in [2.24, 2.45) is 4.99 Å². The van der Waals surface area contributed by atoms with Crippen LogP contribution in [-0.2, 0) is 0 Å². The van der Waals surface area contributed by atoms with E-state index in [4.69, 9.17) is 0 Å². The molecule has 0 spiro atoms. The second kappa shape index (κ2) is 5.57. The molecular weight excluding hydrogens is 246 g/mol. The molecule has 2 aromatic rings. The molecule has 2 aromatic carbocycles. The van der Waals surface area contributed by atoms with Gasteiger partial charge >= 0.3 is 0 Å². The summed E-state index contributed by atoms with van der Waals surface area (Å²) in [4.78, 5) is 4.38. The highest BCUT2D eigenvalue weighted by atomic mass is 16.3. The summed E-state index contributed by atoms with van der Waals surface area (Å²) in [5.74, 6) is 0.452. The highest BCUT2D eigenvalue weighted by Gasteiger charge is 2.13. The van der Waals surface area contributed by atoms with Crippen molar-refractivity contribution >= 4 is 11.9 Å². The fourth-order valence-electron chi connectivity index (χ4n) is 2.25. The van der Waals surface area contributed by atoms with Gasteiger partial charge in [-0.3, -0.25) is 4.99 Å². The van der Waals surface area contributed by atoms with Gasteiger partial charge < -0.3 is 5.11 Å². The summed E-state index contributed by atoms with van der Waals surface area (Å²) >= 11 is 0. The van der Waals surface area contributed by atoms with Crippen LogP contribution >= 0.6 is 0 Å². The van der Waals surface area contributed by atoms with Crippen LogP contribution in [0.1, 0.15) is 17.0 Å². The molecular formula is C18H15NO. The molecule has 0 fully saturated rings. The minimum atomic E-state index is 0.153. The Morgan fingerprint density at radius 2 is 1.65 bits per heavy atom. The fourth-order valence-corrected chi connectivity index (χ4v) is 2.25. The Bertz CT molecular complexity index is 672. The van der Waals surface area contributed by atoms with Crippen LogP contribution in [0.25, 0.3) is 0 Å². The number of allylic oxidation sites excluding steroid dienone is 4. The molecule has 1 aliphatic rings. The van der Waals surface area contributed by atoms with Crippen LogP contribution in [-0.4, -0.2) is 11.3 Å². The zero-order valence-corrected chi connectivity index (χ0v) is 11.0. The third kappa shape index (κ3) is 2.54. The van der Waals surface area contributed by atoms with Crippen molar-refractivity contribution in [2.75, 3.05) is 0 Å². The summed E-state index contributed by atoms with van der Waals surface area (Å²) in [6, 6.07) is 15.5. The number of nitrogens with zero attached hydrogens (tertiary/aromatic N) is 1. The monoisotopic (exact) mass is 261 g/mol. The first-order valence-corrected chi connectivity index (χ1v) is 6.60. The van der Waals surface area contributed by atoms with Crippen molar-refractivity contribution in [3.63, 3.8) is 0 Å². The molecule has 0 saturated heterocycles. The summed E-state index contributed by atoms with van der Waals surface area (Å²) in [6.45, 7) is 0. The molecule has 0 aliphatic heterocycles. The van der Waals surface area contributed by atoms with Crippen molar-refractivity contribution in [1.29, 1.82) is 0 Å². The molecule has 2 nitrogen and oxygen atoms in total. The van der Waals surface area contributed by atoms with Crippen molar-refractivity contribution in [3.8, 4) is 5.75 Å². The van der Waals surface area contributed by atoms with Crippen molar-refractivity contribution < 1.29 is 5.11 Å². The molecule has 0 heterocycles. The molecule has 0 amide bonds. The largest absolute Gasteiger partial charge is 0.507 e. The number of aromatic hydroxyl groups is 1. The minimum absolute atomic E-state index is 0.153. The lowest BCUT2D eigenvalue weighted by Crippen LogP contribution is -1.93. The molecule has 2 heteroatoms.